The summed E-state index contributed by atoms with van der Waals surface area (Å²) in [7, 11) is 0. The van der Waals surface area contributed by atoms with Gasteiger partial charge < -0.3 is 4.42 Å². The summed E-state index contributed by atoms with van der Waals surface area (Å²) in [5.41, 5.74) is 13.4. The largest absolute Gasteiger partial charge is 0.455 e. The molecule has 2 heteroatoms. The molecule has 3 aromatic carbocycles. The highest BCUT2D eigenvalue weighted by Gasteiger charge is 2.45. The normalized spacial score (nSPS) is 14.2. The van der Waals surface area contributed by atoms with Crippen molar-refractivity contribution in [3.63, 3.8) is 0 Å². The van der Waals surface area contributed by atoms with Crippen LogP contribution >= 0.6 is 0 Å². The fraction of sp³-hybridized carbons (Fsp3) is 0.343. The molecule has 0 aliphatic heterocycles. The second-order valence-electron chi connectivity index (χ2n) is 12.1. The highest BCUT2D eigenvalue weighted by atomic mass is 16.3. The lowest BCUT2D eigenvalue weighted by molar-refractivity contribution is 0.339. The molecule has 2 heterocycles. The van der Waals surface area contributed by atoms with Crippen molar-refractivity contribution in [2.24, 2.45) is 11.8 Å². The van der Waals surface area contributed by atoms with Crippen LogP contribution in [0.3, 0.4) is 0 Å². The van der Waals surface area contributed by atoms with Gasteiger partial charge in [0.05, 0.1) is 5.69 Å². The summed E-state index contributed by atoms with van der Waals surface area (Å²) < 4.78 is 6.78. The van der Waals surface area contributed by atoms with Crippen molar-refractivity contribution < 1.29 is 4.42 Å². The van der Waals surface area contributed by atoms with Gasteiger partial charge >= 0.3 is 0 Å². The van der Waals surface area contributed by atoms with Gasteiger partial charge in [0, 0.05) is 27.9 Å². The Morgan fingerprint density at radius 2 is 1.51 bits per heavy atom. The molecule has 0 N–H and O–H groups in total. The van der Waals surface area contributed by atoms with Crippen molar-refractivity contribution in [2.75, 3.05) is 0 Å². The summed E-state index contributed by atoms with van der Waals surface area (Å²) in [4.78, 5) is 4.84. The molecule has 0 amide bonds. The molecule has 1 aliphatic rings. The van der Waals surface area contributed by atoms with Crippen LogP contribution in [0.1, 0.15) is 68.4 Å². The zero-order chi connectivity index (χ0) is 26.1. The van der Waals surface area contributed by atoms with Gasteiger partial charge in [-0.25, -0.2) is 0 Å². The van der Waals surface area contributed by atoms with Gasteiger partial charge in [-0.2, -0.15) is 0 Å². The number of pyridine rings is 1. The highest BCUT2D eigenvalue weighted by Crippen LogP contribution is 2.58. The Bertz CT molecular complexity index is 1660. The standard InChI is InChI=1S/C35H37NO/c1-20(2)17-35(18-21(3)4)28-11-9-8-10-25(28)26-14-15-30-32(33(26)35)27-13-12-22(5)31(34(27)37-30)29-16-23(6)24(7)19-36-29/h8-16,19-21H,17-18H2,1-7H3. The minimum Gasteiger partial charge on any atom is -0.455 e. The lowest BCUT2D eigenvalue weighted by Gasteiger charge is -2.36. The van der Waals surface area contributed by atoms with E-state index < -0.39 is 0 Å². The Balaban J connectivity index is 1.74. The van der Waals surface area contributed by atoms with E-state index in [-0.39, 0.29) is 5.41 Å². The van der Waals surface area contributed by atoms with Crippen LogP contribution in [-0.4, -0.2) is 4.98 Å². The SMILES string of the molecule is Cc1cnc(-c2c(C)ccc3c2oc2ccc4c(c23)C(CC(C)C)(CC(C)C)c2ccccc2-4)cc1C. The lowest BCUT2D eigenvalue weighted by Crippen LogP contribution is -2.29. The maximum Gasteiger partial charge on any atom is 0.145 e. The summed E-state index contributed by atoms with van der Waals surface area (Å²) >= 11 is 0. The van der Waals surface area contributed by atoms with E-state index in [1.807, 2.05) is 6.20 Å². The topological polar surface area (TPSA) is 26.0 Å². The molecule has 2 nitrogen and oxygen atoms in total. The number of rotatable bonds is 5. The number of furan rings is 1. The lowest BCUT2D eigenvalue weighted by atomic mass is 9.67. The molecule has 1 aliphatic carbocycles. The summed E-state index contributed by atoms with van der Waals surface area (Å²) in [6.45, 7) is 15.9. The predicted molar refractivity (Wildman–Crippen MR) is 156 cm³/mol. The van der Waals surface area contributed by atoms with Crippen molar-refractivity contribution in [1.82, 2.24) is 4.98 Å². The zero-order valence-electron chi connectivity index (χ0n) is 23.2. The first kappa shape index (κ1) is 24.0. The molecule has 0 radical (unpaired) electrons. The number of aryl methyl sites for hydroxylation is 3. The number of aromatic nitrogens is 1. The summed E-state index contributed by atoms with van der Waals surface area (Å²) in [6, 6.07) is 20.3. The molecule has 5 aromatic rings. The van der Waals surface area contributed by atoms with Gasteiger partial charge in [-0.15, -0.1) is 0 Å². The van der Waals surface area contributed by atoms with Crippen LogP contribution in [0, 0.1) is 32.6 Å². The van der Waals surface area contributed by atoms with Gasteiger partial charge in [0.1, 0.15) is 11.2 Å². The Morgan fingerprint density at radius 3 is 2.22 bits per heavy atom. The average molecular weight is 488 g/mol. The third kappa shape index (κ3) is 3.56. The first-order valence-electron chi connectivity index (χ1n) is 13.7. The van der Waals surface area contributed by atoms with Crippen molar-refractivity contribution in [2.45, 2.75) is 66.7 Å². The molecule has 0 bridgehead atoms. The van der Waals surface area contributed by atoms with E-state index in [2.05, 4.69) is 103 Å². The molecule has 6 rings (SSSR count). The number of hydrogen-bond donors (Lipinski definition) is 0. The van der Waals surface area contributed by atoms with E-state index >= 15 is 0 Å². The Morgan fingerprint density at radius 1 is 0.784 bits per heavy atom. The third-order valence-corrected chi connectivity index (χ3v) is 8.37. The number of hydrogen-bond acceptors (Lipinski definition) is 2. The van der Waals surface area contributed by atoms with E-state index in [4.69, 9.17) is 9.40 Å². The van der Waals surface area contributed by atoms with Gasteiger partial charge in [0.15, 0.2) is 0 Å². The molecule has 188 valence electrons. The average Bonchev–Trinajstić information content (AvgIpc) is 3.34. The van der Waals surface area contributed by atoms with E-state index in [1.54, 1.807) is 0 Å². The maximum atomic E-state index is 6.78. The number of fused-ring (bicyclic) bond motifs is 7. The molecular weight excluding hydrogens is 450 g/mol. The van der Waals surface area contributed by atoms with Crippen molar-refractivity contribution >= 4 is 21.9 Å². The van der Waals surface area contributed by atoms with Crippen LogP contribution in [0.5, 0.6) is 0 Å². The minimum absolute atomic E-state index is 0.0334. The van der Waals surface area contributed by atoms with Gasteiger partial charge in [0.25, 0.3) is 0 Å². The second kappa shape index (κ2) is 8.58. The third-order valence-electron chi connectivity index (χ3n) is 8.37. The van der Waals surface area contributed by atoms with Crippen LogP contribution in [0.4, 0.5) is 0 Å². The summed E-state index contributed by atoms with van der Waals surface area (Å²) in [5.74, 6) is 1.15. The zero-order valence-corrected chi connectivity index (χ0v) is 23.2. The molecule has 0 unspecified atom stereocenters. The molecule has 0 fully saturated rings. The molecule has 0 saturated carbocycles. The predicted octanol–water partition coefficient (Wildman–Crippen LogP) is 9.93. The first-order chi connectivity index (χ1) is 17.7. The number of benzene rings is 3. The Labute approximate surface area is 220 Å². The molecule has 2 aromatic heterocycles. The van der Waals surface area contributed by atoms with Crippen LogP contribution in [0.25, 0.3) is 44.3 Å². The van der Waals surface area contributed by atoms with E-state index in [0.717, 1.165) is 35.3 Å². The second-order valence-corrected chi connectivity index (χ2v) is 12.1. The molecule has 0 spiro atoms. The molecule has 0 saturated heterocycles. The van der Waals surface area contributed by atoms with E-state index in [9.17, 15) is 0 Å². The highest BCUT2D eigenvalue weighted by molar-refractivity contribution is 6.14. The fourth-order valence-corrected chi connectivity index (χ4v) is 7.00. The van der Waals surface area contributed by atoms with Gasteiger partial charge in [-0.3, -0.25) is 4.98 Å². The Hall–Kier alpha value is -3.39. The molecule has 0 atom stereocenters. The van der Waals surface area contributed by atoms with Crippen molar-refractivity contribution in [3.8, 4) is 22.4 Å². The fourth-order valence-electron chi connectivity index (χ4n) is 7.00. The number of nitrogens with zero attached hydrogens (tertiary/aromatic N) is 1. The molecule has 37 heavy (non-hydrogen) atoms. The first-order valence-corrected chi connectivity index (χ1v) is 13.7. The van der Waals surface area contributed by atoms with Crippen molar-refractivity contribution in [3.05, 3.63) is 88.6 Å². The minimum atomic E-state index is -0.0334. The quantitative estimate of drug-likeness (QED) is 0.246. The van der Waals surface area contributed by atoms with Gasteiger partial charge in [-0.1, -0.05) is 70.2 Å². The summed E-state index contributed by atoms with van der Waals surface area (Å²) in [6.07, 6.45) is 4.23. The van der Waals surface area contributed by atoms with Gasteiger partial charge in [0.2, 0.25) is 0 Å². The van der Waals surface area contributed by atoms with E-state index in [0.29, 0.717) is 11.8 Å². The summed E-state index contributed by atoms with van der Waals surface area (Å²) in [5, 5.41) is 2.49. The van der Waals surface area contributed by atoms with Crippen LogP contribution in [0.2, 0.25) is 0 Å². The maximum absolute atomic E-state index is 6.78. The van der Waals surface area contributed by atoms with Gasteiger partial charge in [-0.05, 0) is 96.5 Å². The smallest absolute Gasteiger partial charge is 0.145 e. The van der Waals surface area contributed by atoms with Crippen LogP contribution < -0.4 is 0 Å². The monoisotopic (exact) mass is 487 g/mol. The van der Waals surface area contributed by atoms with E-state index in [1.165, 1.54) is 49.7 Å². The van der Waals surface area contributed by atoms with Crippen LogP contribution in [0.15, 0.2) is 65.2 Å². The molecular formula is C35H37NO. The van der Waals surface area contributed by atoms with Crippen LogP contribution in [-0.2, 0) is 5.41 Å². The van der Waals surface area contributed by atoms with Crippen molar-refractivity contribution in [1.29, 1.82) is 0 Å². The Kier molecular flexibility index (Phi) is 5.56.